The van der Waals surface area contributed by atoms with Crippen molar-refractivity contribution in [2.45, 2.75) is 44.2 Å². The fourth-order valence-electron chi connectivity index (χ4n) is 4.78. The van der Waals surface area contributed by atoms with Gasteiger partial charge in [0.15, 0.2) is 8.38 Å². The lowest BCUT2D eigenvalue weighted by Gasteiger charge is -2.43. The maximum atomic E-state index is 14.6. The third kappa shape index (κ3) is 5.99. The van der Waals surface area contributed by atoms with Crippen molar-refractivity contribution in [1.82, 2.24) is 23.7 Å². The minimum absolute atomic E-state index is 0.146. The van der Waals surface area contributed by atoms with Gasteiger partial charge in [0.2, 0.25) is 0 Å². The second kappa shape index (κ2) is 12.4. The van der Waals surface area contributed by atoms with Crippen LogP contribution in [0, 0.1) is 25.6 Å². The molecule has 0 aliphatic heterocycles. The molecular formula is C30H35FIN5O2S. The number of aromatic nitrogens is 3. The molecule has 0 spiro atoms. The van der Waals surface area contributed by atoms with E-state index in [0.717, 1.165) is 12.1 Å². The molecular weight excluding hydrogens is 640 g/mol. The Morgan fingerprint density at radius 3 is 2.45 bits per heavy atom. The predicted molar refractivity (Wildman–Crippen MR) is 168 cm³/mol. The van der Waals surface area contributed by atoms with Crippen molar-refractivity contribution in [3.8, 4) is 0 Å². The van der Waals surface area contributed by atoms with Crippen LogP contribution in [0.25, 0.3) is 10.2 Å². The van der Waals surface area contributed by atoms with Gasteiger partial charge in [-0.05, 0) is 104 Å². The molecule has 1 atom stereocenters. The van der Waals surface area contributed by atoms with E-state index < -0.39 is 9.36 Å². The fraction of sp³-hybridized carbons (Fsp3) is 0.400. The molecule has 1 amide bonds. The quantitative estimate of drug-likeness (QED) is 0.117. The van der Waals surface area contributed by atoms with Crippen LogP contribution >= 0.6 is 34.1 Å². The van der Waals surface area contributed by atoms with E-state index in [9.17, 15) is 14.0 Å². The molecule has 0 aliphatic rings. The number of aryl methyl sites for hydroxylation is 2. The molecule has 4 rings (SSSR count). The van der Waals surface area contributed by atoms with E-state index in [2.05, 4.69) is 31.9 Å². The summed E-state index contributed by atoms with van der Waals surface area (Å²) in [6.45, 7) is 8.99. The van der Waals surface area contributed by atoms with Crippen LogP contribution in [0.5, 0.6) is 0 Å². The first-order chi connectivity index (χ1) is 18.9. The first-order valence-corrected chi connectivity index (χ1v) is 15.1. The summed E-state index contributed by atoms with van der Waals surface area (Å²) < 4.78 is 19.7. The summed E-state index contributed by atoms with van der Waals surface area (Å²) in [5, 5.41) is 0.498. The summed E-state index contributed by atoms with van der Waals surface area (Å²) in [7, 11) is 3.97. The van der Waals surface area contributed by atoms with E-state index in [4.69, 9.17) is 4.98 Å². The molecule has 2 heterocycles. The molecule has 10 heteroatoms. The van der Waals surface area contributed by atoms with Gasteiger partial charge < -0.3 is 9.80 Å². The number of nitrogens with zero attached hydrogens (tertiary/aromatic N) is 5. The average molecular weight is 676 g/mol. The summed E-state index contributed by atoms with van der Waals surface area (Å²) >= 11 is 3.48. The highest BCUT2D eigenvalue weighted by Gasteiger charge is 2.46. The van der Waals surface area contributed by atoms with Crippen LogP contribution in [0.3, 0.4) is 0 Å². The predicted octanol–water partition coefficient (Wildman–Crippen LogP) is 6.00. The Morgan fingerprint density at radius 2 is 1.82 bits per heavy atom. The van der Waals surface area contributed by atoms with Crippen LogP contribution in [0.1, 0.15) is 53.3 Å². The van der Waals surface area contributed by atoms with Crippen LogP contribution in [-0.2, 0) is 10.1 Å². The molecule has 0 saturated heterocycles. The molecule has 4 aromatic rings. The second-order valence-electron chi connectivity index (χ2n) is 10.7. The molecule has 0 N–H and O–H groups in total. The van der Waals surface area contributed by atoms with E-state index in [0.29, 0.717) is 46.8 Å². The molecule has 7 nitrogen and oxygen atoms in total. The van der Waals surface area contributed by atoms with Crippen molar-refractivity contribution in [1.29, 1.82) is 0 Å². The molecule has 0 bridgehead atoms. The van der Waals surface area contributed by atoms with Crippen LogP contribution in [-0.4, -0.2) is 56.8 Å². The Bertz CT molecular complexity index is 1570. The van der Waals surface area contributed by atoms with Gasteiger partial charge in [0, 0.05) is 12.1 Å². The third-order valence-electron chi connectivity index (χ3n) is 7.07. The normalized spacial score (nSPS) is 13.2. The van der Waals surface area contributed by atoms with Crippen molar-refractivity contribution < 1.29 is 9.18 Å². The van der Waals surface area contributed by atoms with Crippen molar-refractivity contribution in [3.05, 3.63) is 92.9 Å². The van der Waals surface area contributed by atoms with Crippen molar-refractivity contribution in [3.63, 3.8) is 0 Å². The Kier molecular flexibility index (Phi) is 9.41. The lowest BCUT2D eigenvalue weighted by molar-refractivity contribution is 0.0560. The van der Waals surface area contributed by atoms with Crippen LogP contribution < -0.4 is 5.56 Å². The molecule has 212 valence electrons. The highest BCUT2D eigenvalue weighted by molar-refractivity contribution is 14.1. The number of amides is 1. The fourth-order valence-corrected chi connectivity index (χ4v) is 6.42. The minimum Gasteiger partial charge on any atom is -0.317 e. The average Bonchev–Trinajstić information content (AvgIpc) is 3.29. The highest BCUT2D eigenvalue weighted by Crippen LogP contribution is 2.43. The summed E-state index contributed by atoms with van der Waals surface area (Å²) in [5.74, 6) is -0.392. The largest absolute Gasteiger partial charge is 0.317 e. The van der Waals surface area contributed by atoms with Crippen LogP contribution in [0.15, 0.2) is 53.3 Å². The van der Waals surface area contributed by atoms with Crippen molar-refractivity contribution >= 4 is 50.2 Å². The smallest absolute Gasteiger partial charge is 0.264 e. The highest BCUT2D eigenvalue weighted by atomic mass is 127. The van der Waals surface area contributed by atoms with Gasteiger partial charge in [0.05, 0.1) is 17.6 Å². The second-order valence-corrected chi connectivity index (χ2v) is 13.1. The van der Waals surface area contributed by atoms with Gasteiger partial charge in [0.25, 0.3) is 11.5 Å². The monoisotopic (exact) mass is 675 g/mol. The van der Waals surface area contributed by atoms with Crippen molar-refractivity contribution in [2.24, 2.45) is 5.92 Å². The number of benzene rings is 2. The Morgan fingerprint density at radius 1 is 1.12 bits per heavy atom. The molecule has 1 unspecified atom stereocenters. The van der Waals surface area contributed by atoms with Crippen molar-refractivity contribution in [2.75, 3.05) is 27.2 Å². The Labute approximate surface area is 252 Å². The van der Waals surface area contributed by atoms with E-state index in [1.807, 2.05) is 65.2 Å². The number of alkyl halides is 1. The van der Waals surface area contributed by atoms with E-state index >= 15 is 0 Å². The summed E-state index contributed by atoms with van der Waals surface area (Å²) in [4.78, 5) is 37.8. The molecule has 0 aliphatic carbocycles. The first kappa shape index (κ1) is 30.3. The van der Waals surface area contributed by atoms with Crippen LogP contribution in [0.2, 0.25) is 0 Å². The maximum absolute atomic E-state index is 14.6. The summed E-state index contributed by atoms with van der Waals surface area (Å²) in [6.07, 6.45) is 0.690. The lowest BCUT2D eigenvalue weighted by atomic mass is 9.98. The molecule has 2 aromatic heterocycles. The number of hydrogen-bond acceptors (Lipinski definition) is 6. The maximum Gasteiger partial charge on any atom is 0.264 e. The Balaban J connectivity index is 1.96. The van der Waals surface area contributed by atoms with Crippen LogP contribution in [0.4, 0.5) is 4.39 Å². The van der Waals surface area contributed by atoms with Gasteiger partial charge >= 0.3 is 0 Å². The minimum atomic E-state index is -1.03. The zero-order valence-electron chi connectivity index (χ0n) is 23.7. The van der Waals surface area contributed by atoms with Gasteiger partial charge in [-0.3, -0.25) is 14.2 Å². The lowest BCUT2D eigenvalue weighted by Crippen LogP contribution is -2.52. The van der Waals surface area contributed by atoms with E-state index in [-0.39, 0.29) is 22.9 Å². The number of fused-ring (bicyclic) bond motifs is 1. The number of halogens is 2. The molecule has 0 fully saturated rings. The zero-order chi connectivity index (χ0) is 29.2. The van der Waals surface area contributed by atoms with E-state index in [1.165, 1.54) is 17.6 Å². The SMILES string of the molecule is Cc1ccc(C(=O)N(CCCN(C)C)C(I)(c2nc3snc(C)c3c(=O)n2Cc2ccccc2)C(C)C)cc1F. The number of hydrogen-bond donors (Lipinski definition) is 0. The molecule has 0 radical (unpaired) electrons. The first-order valence-electron chi connectivity index (χ1n) is 13.3. The van der Waals surface area contributed by atoms with Gasteiger partial charge in [-0.25, -0.2) is 9.37 Å². The molecule has 40 heavy (non-hydrogen) atoms. The number of rotatable bonds is 10. The van der Waals surface area contributed by atoms with Gasteiger partial charge in [-0.2, -0.15) is 4.37 Å². The number of carbonyl (C=O) groups excluding carboxylic acids is 1. The third-order valence-corrected chi connectivity index (χ3v) is 10.2. The number of carbonyl (C=O) groups is 1. The Hall–Kier alpha value is -2.70. The topological polar surface area (TPSA) is 71.3 Å². The van der Waals surface area contributed by atoms with Gasteiger partial charge in [-0.15, -0.1) is 0 Å². The molecule has 2 aromatic carbocycles. The summed E-state index contributed by atoms with van der Waals surface area (Å²) in [6, 6.07) is 14.3. The van der Waals surface area contributed by atoms with Gasteiger partial charge in [0.1, 0.15) is 11.6 Å². The van der Waals surface area contributed by atoms with Gasteiger partial charge in [-0.1, -0.05) is 50.2 Å². The zero-order valence-corrected chi connectivity index (χ0v) is 26.7. The summed E-state index contributed by atoms with van der Waals surface area (Å²) in [5.41, 5.74) is 2.15. The standard InChI is InChI=1S/C30H35FIN5O2S/c1-19(2)30(32,37(16-10-15-35(5)6)27(38)23-14-13-20(3)24(31)17-23)29-33-26-25(21(4)34-40-26)28(39)36(29)18-22-11-8-7-9-12-22/h7-9,11-14,17,19H,10,15-16,18H2,1-6H3. The molecule has 0 saturated carbocycles. The van der Waals surface area contributed by atoms with E-state index in [1.54, 1.807) is 28.5 Å².